The Bertz CT molecular complexity index is 1130. The van der Waals surface area contributed by atoms with Crippen molar-refractivity contribution in [3.8, 4) is 11.3 Å². The van der Waals surface area contributed by atoms with E-state index in [1.807, 2.05) is 66.7 Å². The third-order valence-electron chi connectivity index (χ3n) is 5.36. The zero-order chi connectivity index (χ0) is 20.3. The van der Waals surface area contributed by atoms with E-state index in [2.05, 4.69) is 25.4 Å². The molecular formula is C23H21N5OS. The molecule has 4 aromatic rings. The number of thiazole rings is 1. The second-order valence-corrected chi connectivity index (χ2v) is 8.43. The molecule has 0 bridgehead atoms. The van der Waals surface area contributed by atoms with Crippen molar-refractivity contribution < 1.29 is 4.79 Å². The summed E-state index contributed by atoms with van der Waals surface area (Å²) in [7, 11) is 0. The van der Waals surface area contributed by atoms with Crippen molar-refractivity contribution in [2.24, 2.45) is 5.92 Å². The molecule has 3 heterocycles. The molecule has 2 aromatic carbocycles. The van der Waals surface area contributed by atoms with Crippen molar-refractivity contribution >= 4 is 38.4 Å². The van der Waals surface area contributed by atoms with Crippen LogP contribution in [0.4, 0.5) is 10.9 Å². The normalized spacial score (nSPS) is 16.5. The molecule has 1 fully saturated rings. The predicted molar refractivity (Wildman–Crippen MR) is 121 cm³/mol. The molecule has 1 unspecified atom stereocenters. The quantitative estimate of drug-likeness (QED) is 0.527. The van der Waals surface area contributed by atoms with Gasteiger partial charge >= 0.3 is 0 Å². The van der Waals surface area contributed by atoms with Crippen LogP contribution in [0.15, 0.2) is 66.7 Å². The number of carbonyl (C=O) groups excluding carboxylic acids is 1. The highest BCUT2D eigenvalue weighted by Crippen LogP contribution is 2.28. The van der Waals surface area contributed by atoms with Gasteiger partial charge in [-0.15, -0.1) is 10.2 Å². The average molecular weight is 416 g/mol. The van der Waals surface area contributed by atoms with Crippen LogP contribution in [0.2, 0.25) is 0 Å². The summed E-state index contributed by atoms with van der Waals surface area (Å²) in [4.78, 5) is 19.5. The maximum Gasteiger partial charge on any atom is 0.231 e. The van der Waals surface area contributed by atoms with Crippen LogP contribution in [-0.2, 0) is 4.79 Å². The maximum atomic E-state index is 12.9. The Morgan fingerprint density at radius 2 is 1.83 bits per heavy atom. The van der Waals surface area contributed by atoms with E-state index in [4.69, 9.17) is 0 Å². The molecule has 0 saturated carbocycles. The molecule has 1 N–H and O–H groups in total. The van der Waals surface area contributed by atoms with Gasteiger partial charge in [0.1, 0.15) is 0 Å². The highest BCUT2D eigenvalue weighted by molar-refractivity contribution is 7.22. The van der Waals surface area contributed by atoms with Crippen molar-refractivity contribution in [1.82, 2.24) is 15.2 Å². The van der Waals surface area contributed by atoms with E-state index in [0.29, 0.717) is 11.7 Å². The number of amides is 1. The molecule has 1 amide bonds. The zero-order valence-electron chi connectivity index (χ0n) is 16.4. The molecule has 6 nitrogen and oxygen atoms in total. The number of anilines is 2. The molecule has 1 aliphatic rings. The van der Waals surface area contributed by atoms with E-state index < -0.39 is 0 Å². The number of rotatable bonds is 4. The molecule has 1 aliphatic heterocycles. The first-order valence-electron chi connectivity index (χ1n) is 10.1. The highest BCUT2D eigenvalue weighted by atomic mass is 32.1. The van der Waals surface area contributed by atoms with Gasteiger partial charge < -0.3 is 10.2 Å². The lowest BCUT2D eigenvalue weighted by molar-refractivity contribution is -0.120. The van der Waals surface area contributed by atoms with E-state index in [9.17, 15) is 4.79 Å². The van der Waals surface area contributed by atoms with Crippen LogP contribution in [0.1, 0.15) is 12.8 Å². The summed E-state index contributed by atoms with van der Waals surface area (Å²) in [6.07, 6.45) is 1.81. The summed E-state index contributed by atoms with van der Waals surface area (Å²) < 4.78 is 1.08. The Morgan fingerprint density at radius 3 is 2.63 bits per heavy atom. The standard InChI is InChI=1S/C23H21N5OS/c29-22(25-23-24-19-10-4-5-11-20(19)30-23)17-9-6-14-28(15-17)21-13-12-18(26-27-21)16-7-2-1-3-8-16/h1-5,7-8,10-13,17H,6,9,14-15H2,(H,24,25,29). The SMILES string of the molecule is O=C(Nc1nc2ccccc2s1)C1CCCN(c2ccc(-c3ccccc3)nn2)C1. The minimum atomic E-state index is -0.0960. The highest BCUT2D eigenvalue weighted by Gasteiger charge is 2.27. The minimum Gasteiger partial charge on any atom is -0.354 e. The Hall–Kier alpha value is -3.32. The minimum absolute atomic E-state index is 0.0209. The molecule has 0 spiro atoms. The van der Waals surface area contributed by atoms with Gasteiger partial charge in [-0.2, -0.15) is 0 Å². The third-order valence-corrected chi connectivity index (χ3v) is 6.31. The van der Waals surface area contributed by atoms with Gasteiger partial charge in [-0.1, -0.05) is 53.8 Å². The molecule has 30 heavy (non-hydrogen) atoms. The number of aromatic nitrogens is 3. The number of hydrogen-bond donors (Lipinski definition) is 1. The molecule has 0 radical (unpaired) electrons. The van der Waals surface area contributed by atoms with E-state index in [1.165, 1.54) is 11.3 Å². The number of fused-ring (bicyclic) bond motifs is 1. The van der Waals surface area contributed by atoms with Crippen molar-refractivity contribution in [3.05, 3.63) is 66.7 Å². The van der Waals surface area contributed by atoms with Crippen LogP contribution in [-0.4, -0.2) is 34.2 Å². The fourth-order valence-corrected chi connectivity index (χ4v) is 4.66. The maximum absolute atomic E-state index is 12.9. The number of hydrogen-bond acceptors (Lipinski definition) is 6. The molecule has 2 aromatic heterocycles. The first kappa shape index (κ1) is 18.7. The van der Waals surface area contributed by atoms with Gasteiger partial charge in [-0.05, 0) is 37.1 Å². The summed E-state index contributed by atoms with van der Waals surface area (Å²) in [6.45, 7) is 1.51. The second kappa shape index (κ2) is 8.20. The first-order valence-corrected chi connectivity index (χ1v) is 10.9. The second-order valence-electron chi connectivity index (χ2n) is 7.40. The largest absolute Gasteiger partial charge is 0.354 e. The molecule has 1 atom stereocenters. The summed E-state index contributed by atoms with van der Waals surface area (Å²) in [6, 6.07) is 21.9. The lowest BCUT2D eigenvalue weighted by Crippen LogP contribution is -2.41. The Balaban J connectivity index is 1.26. The monoisotopic (exact) mass is 415 g/mol. The van der Waals surface area contributed by atoms with Gasteiger partial charge in [0.15, 0.2) is 10.9 Å². The molecule has 5 rings (SSSR count). The number of carbonyl (C=O) groups is 1. The number of piperidine rings is 1. The molecular weight excluding hydrogens is 394 g/mol. The van der Waals surface area contributed by atoms with Gasteiger partial charge in [-0.25, -0.2) is 4.98 Å². The van der Waals surface area contributed by atoms with Crippen LogP contribution in [0.5, 0.6) is 0 Å². The summed E-state index contributed by atoms with van der Waals surface area (Å²) >= 11 is 1.51. The van der Waals surface area contributed by atoms with Gasteiger partial charge in [0, 0.05) is 18.7 Å². The van der Waals surface area contributed by atoms with Crippen LogP contribution in [0.25, 0.3) is 21.5 Å². The van der Waals surface area contributed by atoms with E-state index >= 15 is 0 Å². The van der Waals surface area contributed by atoms with Crippen LogP contribution >= 0.6 is 11.3 Å². The van der Waals surface area contributed by atoms with Crippen molar-refractivity contribution in [2.45, 2.75) is 12.8 Å². The van der Waals surface area contributed by atoms with Crippen LogP contribution in [0.3, 0.4) is 0 Å². The number of benzene rings is 2. The fraction of sp³-hybridized carbons (Fsp3) is 0.217. The van der Waals surface area contributed by atoms with E-state index in [-0.39, 0.29) is 11.8 Å². The van der Waals surface area contributed by atoms with Crippen molar-refractivity contribution in [1.29, 1.82) is 0 Å². The number of nitrogens with one attached hydrogen (secondary N) is 1. The average Bonchev–Trinajstić information content (AvgIpc) is 3.22. The Morgan fingerprint density at radius 1 is 1.00 bits per heavy atom. The Kier molecular flexibility index (Phi) is 5.11. The fourth-order valence-electron chi connectivity index (χ4n) is 3.79. The van der Waals surface area contributed by atoms with E-state index in [0.717, 1.165) is 46.7 Å². The topological polar surface area (TPSA) is 71.0 Å². The van der Waals surface area contributed by atoms with Gasteiger partial charge in [0.05, 0.1) is 21.8 Å². The lowest BCUT2D eigenvalue weighted by atomic mass is 9.97. The lowest BCUT2D eigenvalue weighted by Gasteiger charge is -2.32. The van der Waals surface area contributed by atoms with Crippen LogP contribution in [0, 0.1) is 5.92 Å². The van der Waals surface area contributed by atoms with Gasteiger partial charge in [-0.3, -0.25) is 4.79 Å². The zero-order valence-corrected chi connectivity index (χ0v) is 17.2. The number of nitrogens with zero attached hydrogens (tertiary/aromatic N) is 4. The molecule has 0 aliphatic carbocycles. The van der Waals surface area contributed by atoms with E-state index in [1.54, 1.807) is 0 Å². The summed E-state index contributed by atoms with van der Waals surface area (Å²) in [5, 5.41) is 12.5. The molecule has 7 heteroatoms. The summed E-state index contributed by atoms with van der Waals surface area (Å²) in [5.74, 6) is 0.737. The van der Waals surface area contributed by atoms with Crippen molar-refractivity contribution in [2.75, 3.05) is 23.3 Å². The first-order chi connectivity index (χ1) is 14.8. The smallest absolute Gasteiger partial charge is 0.231 e. The molecule has 150 valence electrons. The molecule has 1 saturated heterocycles. The predicted octanol–water partition coefficient (Wildman–Crippen LogP) is 4.61. The third kappa shape index (κ3) is 3.89. The summed E-state index contributed by atoms with van der Waals surface area (Å²) in [5.41, 5.74) is 2.81. The van der Waals surface area contributed by atoms with Gasteiger partial charge in [0.2, 0.25) is 5.91 Å². The van der Waals surface area contributed by atoms with Crippen LogP contribution < -0.4 is 10.2 Å². The van der Waals surface area contributed by atoms with Gasteiger partial charge in [0.25, 0.3) is 0 Å². The van der Waals surface area contributed by atoms with Crippen molar-refractivity contribution in [3.63, 3.8) is 0 Å². The Labute approximate surface area is 178 Å². The number of para-hydroxylation sites is 1.